The second-order valence-electron chi connectivity index (χ2n) is 5.91. The maximum absolute atomic E-state index is 11.0. The maximum atomic E-state index is 11.0. The predicted octanol–water partition coefficient (Wildman–Crippen LogP) is 3.46. The number of aromatic nitrogens is 1. The summed E-state index contributed by atoms with van der Waals surface area (Å²) in [4.78, 5) is 13.1. The molecule has 0 atom stereocenters. The smallest absolute Gasteiger partial charge is 0.270 e. The van der Waals surface area contributed by atoms with Crippen molar-refractivity contribution >= 4 is 16.6 Å². The molecule has 1 saturated heterocycles. The van der Waals surface area contributed by atoms with Gasteiger partial charge >= 0.3 is 0 Å². The molecule has 5 heteroatoms. The minimum atomic E-state index is -0.317. The second kappa shape index (κ2) is 5.85. The van der Waals surface area contributed by atoms with Crippen LogP contribution in [0.1, 0.15) is 31.2 Å². The molecule has 21 heavy (non-hydrogen) atoms. The Morgan fingerprint density at radius 1 is 1.19 bits per heavy atom. The van der Waals surface area contributed by atoms with Crippen molar-refractivity contribution in [2.24, 2.45) is 7.05 Å². The lowest BCUT2D eigenvalue weighted by atomic mass is 10.1. The van der Waals surface area contributed by atoms with Crippen LogP contribution in [0.2, 0.25) is 0 Å². The van der Waals surface area contributed by atoms with Crippen LogP contribution in [-0.4, -0.2) is 27.5 Å². The van der Waals surface area contributed by atoms with Crippen LogP contribution in [0, 0.1) is 10.1 Å². The Balaban J connectivity index is 1.93. The Labute approximate surface area is 124 Å². The molecule has 0 amide bonds. The third-order valence-corrected chi connectivity index (χ3v) is 4.36. The molecule has 0 bridgehead atoms. The molecular formula is C16H21N3O2. The van der Waals surface area contributed by atoms with Crippen LogP contribution in [0.25, 0.3) is 10.9 Å². The van der Waals surface area contributed by atoms with Crippen molar-refractivity contribution < 1.29 is 4.92 Å². The molecule has 0 radical (unpaired) electrons. The number of non-ortho nitro benzene ring substituents is 1. The number of hydrogen-bond acceptors (Lipinski definition) is 3. The van der Waals surface area contributed by atoms with Crippen molar-refractivity contribution in [1.29, 1.82) is 0 Å². The molecule has 5 nitrogen and oxygen atoms in total. The van der Waals surface area contributed by atoms with Gasteiger partial charge in [0, 0.05) is 42.8 Å². The molecule has 1 fully saturated rings. The van der Waals surface area contributed by atoms with Crippen molar-refractivity contribution in [3.05, 3.63) is 40.1 Å². The van der Waals surface area contributed by atoms with Crippen molar-refractivity contribution in [1.82, 2.24) is 9.47 Å². The van der Waals surface area contributed by atoms with E-state index in [0.29, 0.717) is 0 Å². The third-order valence-electron chi connectivity index (χ3n) is 4.36. The van der Waals surface area contributed by atoms with Gasteiger partial charge in [-0.05, 0) is 37.6 Å². The fourth-order valence-electron chi connectivity index (χ4n) is 3.24. The quantitative estimate of drug-likeness (QED) is 0.641. The highest BCUT2D eigenvalue weighted by molar-refractivity contribution is 5.86. The first-order valence-corrected chi connectivity index (χ1v) is 7.60. The number of hydrogen-bond donors (Lipinski definition) is 0. The molecule has 2 heterocycles. The molecule has 112 valence electrons. The van der Waals surface area contributed by atoms with E-state index < -0.39 is 0 Å². The van der Waals surface area contributed by atoms with Crippen LogP contribution in [0.3, 0.4) is 0 Å². The van der Waals surface area contributed by atoms with Crippen LogP contribution in [-0.2, 0) is 13.6 Å². The Morgan fingerprint density at radius 3 is 2.57 bits per heavy atom. The molecule has 0 N–H and O–H groups in total. The lowest BCUT2D eigenvalue weighted by molar-refractivity contribution is -0.384. The molecule has 1 aromatic heterocycles. The van der Waals surface area contributed by atoms with E-state index in [2.05, 4.69) is 15.7 Å². The molecule has 0 unspecified atom stereocenters. The highest BCUT2D eigenvalue weighted by Gasteiger charge is 2.15. The summed E-state index contributed by atoms with van der Waals surface area (Å²) < 4.78 is 2.06. The standard InChI is InChI=1S/C16H21N3O2/c1-17-11-13(12-18-8-4-2-3-5-9-18)15-10-14(19(20)21)6-7-16(15)17/h6-7,10-11H,2-5,8-9,12H2,1H3. The summed E-state index contributed by atoms with van der Waals surface area (Å²) in [7, 11) is 2.00. The van der Waals surface area contributed by atoms with E-state index in [1.54, 1.807) is 12.1 Å². The zero-order valence-corrected chi connectivity index (χ0v) is 12.4. The number of nitro benzene ring substituents is 1. The summed E-state index contributed by atoms with van der Waals surface area (Å²) in [5, 5.41) is 12.0. The van der Waals surface area contributed by atoms with Gasteiger partial charge in [0.05, 0.1) is 4.92 Å². The van der Waals surface area contributed by atoms with Gasteiger partial charge in [0.1, 0.15) is 0 Å². The Morgan fingerprint density at radius 2 is 1.90 bits per heavy atom. The zero-order chi connectivity index (χ0) is 14.8. The van der Waals surface area contributed by atoms with Crippen molar-refractivity contribution in [3.63, 3.8) is 0 Å². The number of rotatable bonds is 3. The largest absolute Gasteiger partial charge is 0.350 e. The topological polar surface area (TPSA) is 51.3 Å². The van der Waals surface area contributed by atoms with Crippen LogP contribution < -0.4 is 0 Å². The zero-order valence-electron chi connectivity index (χ0n) is 12.4. The summed E-state index contributed by atoms with van der Waals surface area (Å²) in [5.41, 5.74) is 2.43. The SMILES string of the molecule is Cn1cc(CN2CCCCCC2)c2cc([N+](=O)[O-])ccc21. The highest BCUT2D eigenvalue weighted by Crippen LogP contribution is 2.27. The Kier molecular flexibility index (Phi) is 3.92. The van der Waals surface area contributed by atoms with E-state index in [1.807, 2.05) is 13.1 Å². The number of benzene rings is 1. The number of aryl methyl sites for hydroxylation is 1. The summed E-state index contributed by atoms with van der Waals surface area (Å²) in [5.74, 6) is 0. The van der Waals surface area contributed by atoms with Crippen molar-refractivity contribution in [2.75, 3.05) is 13.1 Å². The first-order valence-electron chi connectivity index (χ1n) is 7.60. The molecule has 1 aromatic carbocycles. The van der Waals surface area contributed by atoms with Gasteiger partial charge in [-0.1, -0.05) is 12.8 Å². The van der Waals surface area contributed by atoms with E-state index in [1.165, 1.54) is 31.2 Å². The van der Waals surface area contributed by atoms with Crippen molar-refractivity contribution in [3.8, 4) is 0 Å². The summed E-state index contributed by atoms with van der Waals surface area (Å²) >= 11 is 0. The molecule has 1 aliphatic heterocycles. The highest BCUT2D eigenvalue weighted by atomic mass is 16.6. The molecule has 0 saturated carbocycles. The van der Waals surface area contributed by atoms with Gasteiger partial charge < -0.3 is 4.57 Å². The molecule has 2 aromatic rings. The van der Waals surface area contributed by atoms with Crippen LogP contribution >= 0.6 is 0 Å². The lowest BCUT2D eigenvalue weighted by Gasteiger charge is -2.19. The first-order chi connectivity index (χ1) is 10.1. The molecule has 1 aliphatic rings. The third kappa shape index (κ3) is 2.93. The average Bonchev–Trinajstić information content (AvgIpc) is 2.66. The fourth-order valence-corrected chi connectivity index (χ4v) is 3.24. The fraction of sp³-hybridized carbons (Fsp3) is 0.500. The van der Waals surface area contributed by atoms with E-state index in [9.17, 15) is 10.1 Å². The normalized spacial score (nSPS) is 17.0. The minimum absolute atomic E-state index is 0.172. The molecule has 3 rings (SSSR count). The van der Waals surface area contributed by atoms with E-state index in [-0.39, 0.29) is 10.6 Å². The van der Waals surface area contributed by atoms with E-state index in [0.717, 1.165) is 30.5 Å². The monoisotopic (exact) mass is 287 g/mol. The van der Waals surface area contributed by atoms with Gasteiger partial charge in [-0.2, -0.15) is 0 Å². The first kappa shape index (κ1) is 14.1. The van der Waals surface area contributed by atoms with Gasteiger partial charge in [-0.25, -0.2) is 0 Å². The lowest BCUT2D eigenvalue weighted by Crippen LogP contribution is -2.23. The second-order valence-corrected chi connectivity index (χ2v) is 5.91. The Hall–Kier alpha value is -1.88. The molecule has 0 spiro atoms. The van der Waals surface area contributed by atoms with Crippen LogP contribution in [0.4, 0.5) is 5.69 Å². The van der Waals surface area contributed by atoms with Crippen LogP contribution in [0.5, 0.6) is 0 Å². The van der Waals surface area contributed by atoms with Gasteiger partial charge in [-0.3, -0.25) is 15.0 Å². The maximum Gasteiger partial charge on any atom is 0.270 e. The minimum Gasteiger partial charge on any atom is -0.350 e. The average molecular weight is 287 g/mol. The van der Waals surface area contributed by atoms with Gasteiger partial charge in [0.2, 0.25) is 0 Å². The molecule has 0 aliphatic carbocycles. The van der Waals surface area contributed by atoms with Gasteiger partial charge in [0.25, 0.3) is 5.69 Å². The number of nitrogens with zero attached hydrogens (tertiary/aromatic N) is 3. The summed E-state index contributed by atoms with van der Waals surface area (Å²) in [6, 6.07) is 5.14. The van der Waals surface area contributed by atoms with Crippen LogP contribution in [0.15, 0.2) is 24.4 Å². The van der Waals surface area contributed by atoms with E-state index >= 15 is 0 Å². The summed E-state index contributed by atoms with van der Waals surface area (Å²) in [6.45, 7) is 3.15. The number of likely N-dealkylation sites (tertiary alicyclic amines) is 1. The number of fused-ring (bicyclic) bond motifs is 1. The molecular weight excluding hydrogens is 266 g/mol. The van der Waals surface area contributed by atoms with Gasteiger partial charge in [-0.15, -0.1) is 0 Å². The predicted molar refractivity (Wildman–Crippen MR) is 83.3 cm³/mol. The summed E-state index contributed by atoms with van der Waals surface area (Å²) in [6.07, 6.45) is 7.25. The van der Waals surface area contributed by atoms with E-state index in [4.69, 9.17) is 0 Å². The van der Waals surface area contributed by atoms with Crippen molar-refractivity contribution in [2.45, 2.75) is 32.2 Å². The Bertz CT molecular complexity index is 655. The van der Waals surface area contributed by atoms with Gasteiger partial charge in [0.15, 0.2) is 0 Å². The number of nitro groups is 1.